The molecule has 0 fully saturated rings. The van der Waals surface area contributed by atoms with Crippen LogP contribution in [0.3, 0.4) is 0 Å². The molecule has 0 aliphatic rings. The number of aromatic nitrogens is 1. The van der Waals surface area contributed by atoms with Gasteiger partial charge in [-0.3, -0.25) is 9.78 Å². The van der Waals surface area contributed by atoms with Gasteiger partial charge in [0.25, 0.3) is 0 Å². The molecule has 0 radical (unpaired) electrons. The van der Waals surface area contributed by atoms with Crippen molar-refractivity contribution >= 4 is 17.6 Å². The zero-order valence-electron chi connectivity index (χ0n) is 9.19. The van der Waals surface area contributed by atoms with Crippen molar-refractivity contribution in [2.75, 3.05) is 13.6 Å². The number of hydrogen-bond acceptors (Lipinski definition) is 3. The van der Waals surface area contributed by atoms with Crippen molar-refractivity contribution in [1.29, 1.82) is 0 Å². The van der Waals surface area contributed by atoms with Gasteiger partial charge < -0.3 is 10.0 Å². The normalized spacial score (nSPS) is 10.7. The zero-order chi connectivity index (χ0) is 12.0. The van der Waals surface area contributed by atoms with Gasteiger partial charge >= 0.3 is 5.97 Å². The fraction of sp³-hybridized carbons (Fsp3) is 0.455. The minimum atomic E-state index is -0.754. The van der Waals surface area contributed by atoms with Crippen molar-refractivity contribution < 1.29 is 9.90 Å². The predicted octanol–water partition coefficient (Wildman–Crippen LogP) is 2.03. The fourth-order valence-corrected chi connectivity index (χ4v) is 1.58. The van der Waals surface area contributed by atoms with Crippen LogP contribution >= 0.6 is 11.6 Å². The molecule has 4 nitrogen and oxygen atoms in total. The maximum absolute atomic E-state index is 10.3. The van der Waals surface area contributed by atoms with E-state index in [-0.39, 0.29) is 6.42 Å². The monoisotopic (exact) mass is 242 g/mol. The van der Waals surface area contributed by atoms with Crippen molar-refractivity contribution in [3.05, 3.63) is 29.0 Å². The van der Waals surface area contributed by atoms with E-state index in [9.17, 15) is 4.79 Å². The third-order valence-electron chi connectivity index (χ3n) is 2.23. The van der Waals surface area contributed by atoms with E-state index >= 15 is 0 Å². The van der Waals surface area contributed by atoms with Crippen LogP contribution in [0.2, 0.25) is 5.02 Å². The summed E-state index contributed by atoms with van der Waals surface area (Å²) in [5.74, 6) is -0.754. The first-order chi connectivity index (χ1) is 7.59. The second-order valence-corrected chi connectivity index (χ2v) is 4.11. The van der Waals surface area contributed by atoms with Crippen molar-refractivity contribution in [1.82, 2.24) is 9.88 Å². The third-order valence-corrected chi connectivity index (χ3v) is 2.57. The summed E-state index contributed by atoms with van der Waals surface area (Å²) >= 11 is 5.97. The molecule has 0 bridgehead atoms. The van der Waals surface area contributed by atoms with Gasteiger partial charge in [0.2, 0.25) is 0 Å². The van der Waals surface area contributed by atoms with Crippen LogP contribution in [-0.2, 0) is 11.3 Å². The average Bonchev–Trinajstić information content (AvgIpc) is 2.21. The summed E-state index contributed by atoms with van der Waals surface area (Å²) in [6.45, 7) is 1.45. The first-order valence-electron chi connectivity index (χ1n) is 5.08. The molecule has 0 aliphatic carbocycles. The van der Waals surface area contributed by atoms with Gasteiger partial charge in [0.1, 0.15) is 0 Å². The summed E-state index contributed by atoms with van der Waals surface area (Å²) in [6.07, 6.45) is 4.16. The van der Waals surface area contributed by atoms with E-state index in [0.717, 1.165) is 12.1 Å². The molecule has 88 valence electrons. The van der Waals surface area contributed by atoms with Gasteiger partial charge in [-0.2, -0.15) is 0 Å². The highest BCUT2D eigenvalue weighted by molar-refractivity contribution is 6.31. The van der Waals surface area contributed by atoms with Crippen LogP contribution in [0.5, 0.6) is 0 Å². The quantitative estimate of drug-likeness (QED) is 0.829. The zero-order valence-corrected chi connectivity index (χ0v) is 9.94. The van der Waals surface area contributed by atoms with E-state index in [1.165, 1.54) is 0 Å². The third kappa shape index (κ3) is 4.59. The minimum Gasteiger partial charge on any atom is -0.481 e. The van der Waals surface area contributed by atoms with E-state index in [1.807, 2.05) is 18.0 Å². The Balaban J connectivity index is 2.37. The summed E-state index contributed by atoms with van der Waals surface area (Å²) in [5, 5.41) is 9.16. The minimum absolute atomic E-state index is 0.203. The van der Waals surface area contributed by atoms with Crippen molar-refractivity contribution in [2.45, 2.75) is 19.4 Å². The SMILES string of the molecule is CN(CCCC(=O)O)Cc1ccncc1Cl. The van der Waals surface area contributed by atoms with Crippen molar-refractivity contribution in [3.8, 4) is 0 Å². The van der Waals surface area contributed by atoms with Crippen LogP contribution in [0, 0.1) is 0 Å². The Labute approximate surface area is 99.9 Å². The standard InChI is InChI=1S/C11H15ClN2O2/c1-14(6-2-3-11(15)16)8-9-4-5-13-7-10(9)12/h4-5,7H,2-3,6,8H2,1H3,(H,15,16). The van der Waals surface area contributed by atoms with Crippen LogP contribution < -0.4 is 0 Å². The lowest BCUT2D eigenvalue weighted by atomic mass is 10.2. The molecular weight excluding hydrogens is 228 g/mol. The number of carboxylic acid groups (broad SMARTS) is 1. The van der Waals surface area contributed by atoms with Gasteiger partial charge in [0, 0.05) is 25.4 Å². The van der Waals surface area contributed by atoms with Gasteiger partial charge in [0.05, 0.1) is 5.02 Å². The molecule has 0 atom stereocenters. The number of hydrogen-bond donors (Lipinski definition) is 1. The Bertz CT molecular complexity index is 358. The molecule has 1 N–H and O–H groups in total. The lowest BCUT2D eigenvalue weighted by molar-refractivity contribution is -0.137. The van der Waals surface area contributed by atoms with Crippen molar-refractivity contribution in [3.63, 3.8) is 0 Å². The Morgan fingerprint density at radius 3 is 3.00 bits per heavy atom. The summed E-state index contributed by atoms with van der Waals surface area (Å²) in [5.41, 5.74) is 1.01. The number of carboxylic acids is 1. The fourth-order valence-electron chi connectivity index (χ4n) is 1.40. The van der Waals surface area contributed by atoms with Gasteiger partial charge in [0.15, 0.2) is 0 Å². The highest BCUT2D eigenvalue weighted by Gasteiger charge is 2.05. The lowest BCUT2D eigenvalue weighted by Crippen LogP contribution is -2.20. The van der Waals surface area contributed by atoms with E-state index in [2.05, 4.69) is 4.98 Å². The molecule has 0 aliphatic heterocycles. The van der Waals surface area contributed by atoms with Crippen LogP contribution in [0.1, 0.15) is 18.4 Å². The summed E-state index contributed by atoms with van der Waals surface area (Å²) in [7, 11) is 1.94. The number of pyridine rings is 1. The molecule has 1 aromatic heterocycles. The molecule has 0 saturated heterocycles. The lowest BCUT2D eigenvalue weighted by Gasteiger charge is -2.16. The number of halogens is 1. The number of nitrogens with zero attached hydrogens (tertiary/aromatic N) is 2. The second-order valence-electron chi connectivity index (χ2n) is 3.70. The molecular formula is C11H15ClN2O2. The maximum Gasteiger partial charge on any atom is 0.303 e. The molecule has 16 heavy (non-hydrogen) atoms. The highest BCUT2D eigenvalue weighted by Crippen LogP contribution is 2.15. The molecule has 0 aromatic carbocycles. The Morgan fingerprint density at radius 1 is 1.62 bits per heavy atom. The van der Waals surface area contributed by atoms with Crippen LogP contribution in [0.25, 0.3) is 0 Å². The van der Waals surface area contributed by atoms with Gasteiger partial charge in [-0.05, 0) is 31.6 Å². The first kappa shape index (κ1) is 12.9. The van der Waals surface area contributed by atoms with Crippen LogP contribution in [-0.4, -0.2) is 34.6 Å². The average molecular weight is 243 g/mol. The van der Waals surface area contributed by atoms with E-state index in [1.54, 1.807) is 12.4 Å². The molecule has 5 heteroatoms. The van der Waals surface area contributed by atoms with Crippen molar-refractivity contribution in [2.24, 2.45) is 0 Å². The van der Waals surface area contributed by atoms with Gasteiger partial charge in [-0.1, -0.05) is 11.6 Å². The molecule has 0 amide bonds. The number of aliphatic carboxylic acids is 1. The smallest absolute Gasteiger partial charge is 0.303 e. The molecule has 1 heterocycles. The molecule has 0 saturated carbocycles. The van der Waals surface area contributed by atoms with Crippen LogP contribution in [0.4, 0.5) is 0 Å². The largest absolute Gasteiger partial charge is 0.481 e. The molecule has 1 aromatic rings. The Kier molecular flexibility index (Phi) is 5.22. The summed E-state index contributed by atoms with van der Waals surface area (Å²) in [6, 6.07) is 1.87. The number of carbonyl (C=O) groups is 1. The summed E-state index contributed by atoms with van der Waals surface area (Å²) in [4.78, 5) is 16.3. The Morgan fingerprint density at radius 2 is 2.38 bits per heavy atom. The Hall–Kier alpha value is -1.13. The molecule has 0 unspecified atom stereocenters. The summed E-state index contributed by atoms with van der Waals surface area (Å²) < 4.78 is 0. The topological polar surface area (TPSA) is 53.4 Å². The molecule has 0 spiro atoms. The first-order valence-corrected chi connectivity index (χ1v) is 5.46. The van der Waals surface area contributed by atoms with Gasteiger partial charge in [-0.25, -0.2) is 0 Å². The molecule has 1 rings (SSSR count). The van der Waals surface area contributed by atoms with Gasteiger partial charge in [-0.15, -0.1) is 0 Å². The number of rotatable bonds is 6. The van der Waals surface area contributed by atoms with E-state index in [4.69, 9.17) is 16.7 Å². The van der Waals surface area contributed by atoms with Crippen LogP contribution in [0.15, 0.2) is 18.5 Å². The second kappa shape index (κ2) is 6.45. The van der Waals surface area contributed by atoms with E-state index < -0.39 is 5.97 Å². The van der Waals surface area contributed by atoms with E-state index in [0.29, 0.717) is 18.0 Å². The predicted molar refractivity (Wildman–Crippen MR) is 62.5 cm³/mol. The highest BCUT2D eigenvalue weighted by atomic mass is 35.5. The maximum atomic E-state index is 10.3.